The second kappa shape index (κ2) is 12.5. The highest BCUT2D eigenvalue weighted by molar-refractivity contribution is 6.30. The van der Waals surface area contributed by atoms with E-state index < -0.39 is 30.1 Å². The van der Waals surface area contributed by atoms with Crippen molar-refractivity contribution in [3.8, 4) is 5.69 Å². The molecule has 0 aliphatic heterocycles. The van der Waals surface area contributed by atoms with Crippen molar-refractivity contribution < 1.29 is 27.6 Å². The van der Waals surface area contributed by atoms with Crippen molar-refractivity contribution in [2.24, 2.45) is 0 Å². The highest BCUT2D eigenvalue weighted by Gasteiger charge is 2.41. The van der Waals surface area contributed by atoms with Gasteiger partial charge in [-0.2, -0.15) is 18.3 Å². The van der Waals surface area contributed by atoms with E-state index in [0.29, 0.717) is 10.7 Å². The first-order valence-electron chi connectivity index (χ1n) is 11.4. The fraction of sp³-hybridized carbons (Fsp3) is 0.320. The van der Waals surface area contributed by atoms with E-state index in [1.807, 2.05) is 0 Å². The molecule has 37 heavy (non-hydrogen) atoms. The summed E-state index contributed by atoms with van der Waals surface area (Å²) in [6, 6.07) is 11.5. The van der Waals surface area contributed by atoms with Gasteiger partial charge < -0.3 is 10.6 Å². The van der Waals surface area contributed by atoms with E-state index in [-0.39, 0.29) is 31.5 Å². The minimum atomic E-state index is -5.15. The summed E-state index contributed by atoms with van der Waals surface area (Å²) in [7, 11) is 0. The van der Waals surface area contributed by atoms with Crippen LogP contribution in [0.1, 0.15) is 30.9 Å². The Morgan fingerprint density at radius 3 is 2.43 bits per heavy atom. The molecule has 1 heterocycles. The van der Waals surface area contributed by atoms with Crippen LogP contribution in [0.15, 0.2) is 61.2 Å². The van der Waals surface area contributed by atoms with Crippen LogP contribution in [0.2, 0.25) is 5.02 Å². The van der Waals surface area contributed by atoms with Crippen LogP contribution in [0.25, 0.3) is 5.69 Å². The average molecular weight is 536 g/mol. The van der Waals surface area contributed by atoms with Crippen molar-refractivity contribution in [1.82, 2.24) is 25.4 Å². The Hall–Kier alpha value is -3.73. The Labute approximate surface area is 216 Å². The van der Waals surface area contributed by atoms with E-state index in [1.54, 1.807) is 53.8 Å². The molecule has 12 heteroatoms. The molecule has 0 saturated heterocycles. The molecule has 2 atom stereocenters. The number of aryl methyl sites for hydroxylation is 2. The molecule has 2 N–H and O–H groups in total. The zero-order valence-corrected chi connectivity index (χ0v) is 20.6. The fourth-order valence-corrected chi connectivity index (χ4v) is 3.84. The number of halogens is 4. The van der Waals surface area contributed by atoms with Gasteiger partial charge in [-0.15, -0.1) is 0 Å². The Kier molecular flexibility index (Phi) is 9.40. The average Bonchev–Trinajstić information content (AvgIpc) is 3.39. The molecule has 0 radical (unpaired) electrons. The molecule has 3 aromatic rings. The van der Waals surface area contributed by atoms with Crippen LogP contribution in [0.4, 0.5) is 13.2 Å². The Morgan fingerprint density at radius 1 is 1.05 bits per heavy atom. The summed E-state index contributed by atoms with van der Waals surface area (Å²) < 4.78 is 40.0. The molecule has 2 aromatic carbocycles. The van der Waals surface area contributed by atoms with Crippen LogP contribution in [0.3, 0.4) is 0 Å². The first-order chi connectivity index (χ1) is 17.5. The van der Waals surface area contributed by atoms with Crippen molar-refractivity contribution in [3.63, 3.8) is 0 Å². The molecular weight excluding hydrogens is 511 g/mol. The second-order valence-corrected chi connectivity index (χ2v) is 8.79. The van der Waals surface area contributed by atoms with Crippen LogP contribution in [0, 0.1) is 0 Å². The molecule has 1 aromatic heterocycles. The quantitative estimate of drug-likeness (QED) is 0.390. The van der Waals surface area contributed by atoms with Crippen molar-refractivity contribution >= 4 is 29.2 Å². The molecule has 2 amide bonds. The van der Waals surface area contributed by atoms with Gasteiger partial charge in [-0.1, -0.05) is 41.9 Å². The smallest absolute Gasteiger partial charge is 0.345 e. The van der Waals surface area contributed by atoms with Gasteiger partial charge in [0.05, 0.1) is 11.7 Å². The van der Waals surface area contributed by atoms with Crippen molar-refractivity contribution in [2.45, 2.75) is 50.9 Å². The molecule has 3 rings (SSSR count). The molecule has 8 nitrogen and oxygen atoms in total. The minimum absolute atomic E-state index is 0.0209. The number of nitrogens with one attached hydrogen (secondary N) is 2. The number of hydrogen-bond donors (Lipinski definition) is 2. The Bertz CT molecular complexity index is 1220. The normalized spacial score (nSPS) is 13.0. The second-order valence-electron chi connectivity index (χ2n) is 8.36. The van der Waals surface area contributed by atoms with E-state index in [9.17, 15) is 27.6 Å². The van der Waals surface area contributed by atoms with Crippen LogP contribution in [-0.4, -0.2) is 50.6 Å². The van der Waals surface area contributed by atoms with Crippen LogP contribution >= 0.6 is 11.6 Å². The number of carbonyl (C=O) groups is 3. The zero-order chi connectivity index (χ0) is 27.0. The molecule has 0 aliphatic carbocycles. The van der Waals surface area contributed by atoms with Gasteiger partial charge >= 0.3 is 12.1 Å². The number of alkyl halides is 3. The number of ketones is 1. The van der Waals surface area contributed by atoms with E-state index in [0.717, 1.165) is 11.1 Å². The topological polar surface area (TPSA) is 106 Å². The first-order valence-corrected chi connectivity index (χ1v) is 11.8. The van der Waals surface area contributed by atoms with Gasteiger partial charge in [0.15, 0.2) is 5.78 Å². The van der Waals surface area contributed by atoms with Gasteiger partial charge in [-0.05, 0) is 55.5 Å². The summed E-state index contributed by atoms with van der Waals surface area (Å²) in [6.45, 7) is 1.44. The standard InChI is InChI=1S/C25H25ClF3N5O3/c1-16(22(35)12-8-18-13-19(26)9-11-21(18)34-15-30-14-31-34)32-23(36)20(33-24(37)25(27,28)29)10-7-17-5-3-2-4-6-17/h2-6,9,11,13-16,20H,7-8,10,12H2,1H3,(H,32,36)(H,33,37)/t16-,20+/m0/s1. The lowest BCUT2D eigenvalue weighted by molar-refractivity contribution is -0.174. The number of rotatable bonds is 11. The van der Waals surface area contributed by atoms with Crippen LogP contribution < -0.4 is 10.6 Å². The van der Waals surface area contributed by atoms with Gasteiger partial charge in [0.1, 0.15) is 18.7 Å². The third-order valence-electron chi connectivity index (χ3n) is 5.63. The predicted molar refractivity (Wildman–Crippen MR) is 130 cm³/mol. The van der Waals surface area contributed by atoms with Crippen molar-refractivity contribution in [3.05, 3.63) is 77.3 Å². The summed E-state index contributed by atoms with van der Waals surface area (Å²) >= 11 is 6.11. The van der Waals surface area contributed by atoms with E-state index in [4.69, 9.17) is 11.6 Å². The van der Waals surface area contributed by atoms with Crippen molar-refractivity contribution in [2.75, 3.05) is 0 Å². The maximum absolute atomic E-state index is 12.8. The number of benzene rings is 2. The Balaban J connectivity index is 1.63. The molecule has 0 unspecified atom stereocenters. The molecule has 0 spiro atoms. The van der Waals surface area contributed by atoms with Gasteiger partial charge in [-0.25, -0.2) is 9.67 Å². The van der Waals surface area contributed by atoms with E-state index in [1.165, 1.54) is 24.3 Å². The Morgan fingerprint density at radius 2 is 1.78 bits per heavy atom. The maximum atomic E-state index is 12.8. The molecule has 0 saturated carbocycles. The molecular formula is C25H25ClF3N5O3. The SMILES string of the molecule is C[C@H](NC(=O)[C@@H](CCc1ccccc1)NC(=O)C(F)(F)F)C(=O)CCc1cc(Cl)ccc1-n1cncn1. The summed E-state index contributed by atoms with van der Waals surface area (Å²) in [5.74, 6) is -3.44. The zero-order valence-electron chi connectivity index (χ0n) is 19.8. The van der Waals surface area contributed by atoms with Crippen LogP contribution in [0.5, 0.6) is 0 Å². The number of amides is 2. The molecule has 0 fully saturated rings. The summed E-state index contributed by atoms with van der Waals surface area (Å²) in [5.41, 5.74) is 2.20. The first kappa shape index (κ1) is 27.9. The molecule has 196 valence electrons. The van der Waals surface area contributed by atoms with Gasteiger partial charge in [0.25, 0.3) is 0 Å². The van der Waals surface area contributed by atoms with Crippen molar-refractivity contribution in [1.29, 1.82) is 0 Å². The van der Waals surface area contributed by atoms with Crippen LogP contribution in [-0.2, 0) is 27.2 Å². The number of aromatic nitrogens is 3. The third-order valence-corrected chi connectivity index (χ3v) is 5.87. The summed E-state index contributed by atoms with van der Waals surface area (Å²) in [6.07, 6.45) is -1.81. The van der Waals surface area contributed by atoms with E-state index >= 15 is 0 Å². The highest BCUT2D eigenvalue weighted by atomic mass is 35.5. The number of nitrogens with zero attached hydrogens (tertiary/aromatic N) is 3. The lowest BCUT2D eigenvalue weighted by atomic mass is 10.0. The van der Waals surface area contributed by atoms with Gasteiger partial charge in [0.2, 0.25) is 5.91 Å². The largest absolute Gasteiger partial charge is 0.471 e. The molecule has 0 aliphatic rings. The minimum Gasteiger partial charge on any atom is -0.345 e. The van der Waals surface area contributed by atoms with Gasteiger partial charge in [0, 0.05) is 11.4 Å². The highest BCUT2D eigenvalue weighted by Crippen LogP contribution is 2.21. The maximum Gasteiger partial charge on any atom is 0.471 e. The lowest BCUT2D eigenvalue weighted by Gasteiger charge is -2.21. The number of hydrogen-bond acceptors (Lipinski definition) is 5. The predicted octanol–water partition coefficient (Wildman–Crippen LogP) is 3.61. The number of carbonyl (C=O) groups excluding carboxylic acids is 3. The third kappa shape index (κ3) is 8.14. The lowest BCUT2D eigenvalue weighted by Crippen LogP contribution is -2.53. The van der Waals surface area contributed by atoms with Gasteiger partial charge in [-0.3, -0.25) is 14.4 Å². The molecule has 0 bridgehead atoms. The summed E-state index contributed by atoms with van der Waals surface area (Å²) in [5, 5.41) is 8.73. The fourth-order valence-electron chi connectivity index (χ4n) is 3.64. The van der Waals surface area contributed by atoms with E-state index in [2.05, 4.69) is 15.4 Å². The number of Topliss-reactive ketones (excluding diaryl/α,β-unsaturated/α-hetero) is 1. The monoisotopic (exact) mass is 535 g/mol. The summed E-state index contributed by atoms with van der Waals surface area (Å²) in [4.78, 5) is 41.0.